The van der Waals surface area contributed by atoms with Crippen LogP contribution < -0.4 is 0 Å². The first kappa shape index (κ1) is 14.4. The van der Waals surface area contributed by atoms with E-state index in [4.69, 9.17) is 9.47 Å². The zero-order valence-electron chi connectivity index (χ0n) is 12.2. The number of nitrogens with zero attached hydrogens (tertiary/aromatic N) is 1. The molecule has 21 heavy (non-hydrogen) atoms. The molecule has 0 bridgehead atoms. The Balaban J connectivity index is 1.63. The molecule has 2 heterocycles. The van der Waals surface area contributed by atoms with Crippen LogP contribution in [0.15, 0.2) is 24.3 Å². The number of hydrogen-bond donors (Lipinski definition) is 1. The summed E-state index contributed by atoms with van der Waals surface area (Å²) in [6, 6.07) is 6.48. The van der Waals surface area contributed by atoms with Gasteiger partial charge in [-0.25, -0.2) is 0 Å². The van der Waals surface area contributed by atoms with E-state index in [0.29, 0.717) is 24.6 Å². The Kier molecular flexibility index (Phi) is 3.87. The van der Waals surface area contributed by atoms with Crippen LogP contribution in [0.4, 0.5) is 0 Å². The zero-order valence-corrected chi connectivity index (χ0v) is 12.2. The van der Waals surface area contributed by atoms with Gasteiger partial charge >= 0.3 is 0 Å². The molecular formula is C16H21NO4. The average Bonchev–Trinajstić information content (AvgIpc) is 2.86. The lowest BCUT2D eigenvalue weighted by atomic mass is 9.79. The maximum absolute atomic E-state index is 12.4. The third-order valence-electron chi connectivity index (χ3n) is 4.57. The number of carbonyl (C=O) groups is 1. The van der Waals surface area contributed by atoms with Gasteiger partial charge in [0, 0.05) is 25.9 Å². The number of rotatable bonds is 4. The second-order valence-corrected chi connectivity index (χ2v) is 5.89. The topological polar surface area (TPSA) is 59.0 Å². The van der Waals surface area contributed by atoms with Crippen molar-refractivity contribution in [3.8, 4) is 5.75 Å². The molecule has 114 valence electrons. The molecule has 0 unspecified atom stereocenters. The molecule has 2 saturated heterocycles. The van der Waals surface area contributed by atoms with Crippen LogP contribution in [0.25, 0.3) is 0 Å². The van der Waals surface area contributed by atoms with E-state index < -0.39 is 0 Å². The number of phenols is 1. The Labute approximate surface area is 124 Å². The lowest BCUT2D eigenvalue weighted by Crippen LogP contribution is -2.66. The van der Waals surface area contributed by atoms with E-state index in [0.717, 1.165) is 26.1 Å². The number of methoxy groups -OCH3 is 1. The van der Waals surface area contributed by atoms with Gasteiger partial charge < -0.3 is 19.5 Å². The van der Waals surface area contributed by atoms with Crippen LogP contribution >= 0.6 is 0 Å². The van der Waals surface area contributed by atoms with Gasteiger partial charge in [-0.15, -0.1) is 0 Å². The number of hydrogen-bond acceptors (Lipinski definition) is 4. The Morgan fingerprint density at radius 2 is 2.33 bits per heavy atom. The summed E-state index contributed by atoms with van der Waals surface area (Å²) in [6.07, 6.45) is 2.02. The van der Waals surface area contributed by atoms with Crippen molar-refractivity contribution in [1.29, 1.82) is 0 Å². The van der Waals surface area contributed by atoms with E-state index in [-0.39, 0.29) is 17.3 Å². The summed E-state index contributed by atoms with van der Waals surface area (Å²) < 4.78 is 11.1. The smallest absolute Gasteiger partial charge is 0.254 e. The molecule has 1 aromatic carbocycles. The van der Waals surface area contributed by atoms with Crippen LogP contribution in [0.2, 0.25) is 0 Å². The number of ether oxygens (including phenoxy) is 2. The predicted octanol–water partition coefficient (Wildman–Crippen LogP) is 1.66. The summed E-state index contributed by atoms with van der Waals surface area (Å²) in [7, 11) is 1.71. The molecular weight excluding hydrogens is 270 g/mol. The van der Waals surface area contributed by atoms with Crippen molar-refractivity contribution < 1.29 is 19.4 Å². The maximum atomic E-state index is 12.4. The van der Waals surface area contributed by atoms with Crippen molar-refractivity contribution in [2.24, 2.45) is 5.92 Å². The number of aromatic hydroxyl groups is 1. The normalized spacial score (nSPS) is 23.3. The van der Waals surface area contributed by atoms with Crippen molar-refractivity contribution in [2.75, 3.05) is 33.4 Å². The van der Waals surface area contributed by atoms with E-state index in [9.17, 15) is 9.90 Å². The predicted molar refractivity (Wildman–Crippen MR) is 77.3 cm³/mol. The summed E-state index contributed by atoms with van der Waals surface area (Å²) in [4.78, 5) is 14.2. The van der Waals surface area contributed by atoms with Crippen LogP contribution in [-0.2, 0) is 9.47 Å². The fraction of sp³-hybridized carbons (Fsp3) is 0.562. The van der Waals surface area contributed by atoms with E-state index in [2.05, 4.69) is 0 Å². The van der Waals surface area contributed by atoms with Gasteiger partial charge in [0.25, 0.3) is 5.91 Å². The van der Waals surface area contributed by atoms with E-state index in [1.165, 1.54) is 6.07 Å². The summed E-state index contributed by atoms with van der Waals surface area (Å²) in [5.41, 5.74) is 0.349. The molecule has 1 aromatic rings. The fourth-order valence-corrected chi connectivity index (χ4v) is 3.37. The molecule has 5 heteroatoms. The Morgan fingerprint density at radius 1 is 1.52 bits per heavy atom. The van der Waals surface area contributed by atoms with Crippen molar-refractivity contribution >= 4 is 5.91 Å². The van der Waals surface area contributed by atoms with Gasteiger partial charge in [0.15, 0.2) is 0 Å². The molecule has 2 aliphatic rings. The summed E-state index contributed by atoms with van der Waals surface area (Å²) in [5, 5.41) is 9.47. The minimum atomic E-state index is -0.176. The first-order valence-corrected chi connectivity index (χ1v) is 7.36. The molecule has 1 N–H and O–H groups in total. The highest BCUT2D eigenvalue weighted by atomic mass is 16.5. The van der Waals surface area contributed by atoms with Gasteiger partial charge in [-0.05, 0) is 37.0 Å². The summed E-state index contributed by atoms with van der Waals surface area (Å²) >= 11 is 0. The number of amides is 1. The number of phenolic OH excluding ortho intramolecular Hbond substituents is 1. The van der Waals surface area contributed by atoms with Crippen LogP contribution in [-0.4, -0.2) is 54.9 Å². The van der Waals surface area contributed by atoms with Crippen LogP contribution in [0.5, 0.6) is 5.75 Å². The van der Waals surface area contributed by atoms with Gasteiger partial charge in [-0.1, -0.05) is 6.07 Å². The molecule has 5 nitrogen and oxygen atoms in total. The van der Waals surface area contributed by atoms with E-state index in [1.807, 2.05) is 0 Å². The second-order valence-electron chi connectivity index (χ2n) is 5.89. The van der Waals surface area contributed by atoms with Gasteiger partial charge in [0.1, 0.15) is 11.4 Å². The first-order valence-electron chi connectivity index (χ1n) is 7.36. The minimum absolute atomic E-state index is 0.0440. The third-order valence-corrected chi connectivity index (χ3v) is 4.57. The molecule has 2 aliphatic heterocycles. The molecule has 0 saturated carbocycles. The SMILES string of the molecule is COCC[C@@H]1CCOC12CN(C(=O)c1cccc(O)c1)C2. The third kappa shape index (κ3) is 2.63. The van der Waals surface area contributed by atoms with E-state index >= 15 is 0 Å². The molecule has 0 aliphatic carbocycles. The van der Waals surface area contributed by atoms with Crippen molar-refractivity contribution in [2.45, 2.75) is 18.4 Å². The number of carbonyl (C=O) groups excluding carboxylic acids is 1. The van der Waals surface area contributed by atoms with Crippen molar-refractivity contribution in [1.82, 2.24) is 4.90 Å². The quantitative estimate of drug-likeness (QED) is 0.916. The number of likely N-dealkylation sites (tertiary alicyclic amines) is 1. The fourth-order valence-electron chi connectivity index (χ4n) is 3.37. The molecule has 2 fully saturated rings. The van der Waals surface area contributed by atoms with Gasteiger partial charge in [-0.2, -0.15) is 0 Å². The monoisotopic (exact) mass is 291 g/mol. The lowest BCUT2D eigenvalue weighted by molar-refractivity contribution is -0.120. The molecule has 1 atom stereocenters. The highest BCUT2D eigenvalue weighted by Gasteiger charge is 2.54. The molecule has 1 amide bonds. The van der Waals surface area contributed by atoms with Crippen molar-refractivity contribution in [3.05, 3.63) is 29.8 Å². The van der Waals surface area contributed by atoms with Gasteiger partial charge in [0.05, 0.1) is 13.1 Å². The Bertz CT molecular complexity index is 525. The average molecular weight is 291 g/mol. The molecule has 1 spiro atoms. The standard InChI is InChI=1S/C16H21NO4/c1-20-7-5-13-6-8-21-16(13)10-17(11-16)15(19)12-3-2-4-14(18)9-12/h2-4,9,13,18H,5-8,10-11H2,1H3/t13-/m1/s1. The largest absolute Gasteiger partial charge is 0.508 e. The highest BCUT2D eigenvalue weighted by molar-refractivity contribution is 5.95. The second kappa shape index (κ2) is 5.66. The zero-order chi connectivity index (χ0) is 14.9. The lowest BCUT2D eigenvalue weighted by Gasteiger charge is -2.50. The first-order chi connectivity index (χ1) is 10.1. The van der Waals surface area contributed by atoms with Gasteiger partial charge in [0.2, 0.25) is 0 Å². The van der Waals surface area contributed by atoms with Crippen LogP contribution in [0, 0.1) is 5.92 Å². The molecule has 0 radical (unpaired) electrons. The number of benzene rings is 1. The van der Waals surface area contributed by atoms with Crippen molar-refractivity contribution in [3.63, 3.8) is 0 Å². The molecule has 3 rings (SSSR count). The summed E-state index contributed by atoms with van der Waals surface area (Å²) in [5.74, 6) is 0.536. The Hall–Kier alpha value is -1.59. The molecule has 0 aromatic heterocycles. The highest BCUT2D eigenvalue weighted by Crippen LogP contribution is 2.42. The minimum Gasteiger partial charge on any atom is -0.508 e. The van der Waals surface area contributed by atoms with Crippen LogP contribution in [0.1, 0.15) is 23.2 Å². The maximum Gasteiger partial charge on any atom is 0.254 e. The Morgan fingerprint density at radius 3 is 3.05 bits per heavy atom. The van der Waals surface area contributed by atoms with E-state index in [1.54, 1.807) is 30.2 Å². The van der Waals surface area contributed by atoms with Crippen LogP contribution in [0.3, 0.4) is 0 Å². The van der Waals surface area contributed by atoms with Gasteiger partial charge in [-0.3, -0.25) is 4.79 Å². The summed E-state index contributed by atoms with van der Waals surface area (Å²) in [6.45, 7) is 2.77.